The molecule has 1 spiro atoms. The number of ether oxygens (including phenoxy) is 2. The molecule has 12 heteroatoms. The molecular formula is C23H27N7O4S. The van der Waals surface area contributed by atoms with Crippen LogP contribution in [0.5, 0.6) is 5.75 Å². The molecule has 2 saturated heterocycles. The lowest BCUT2D eigenvalue weighted by atomic mass is 9.77. The number of likely N-dealkylation sites (tertiary alicyclic amines) is 1. The third-order valence-corrected chi connectivity index (χ3v) is 7.45. The Morgan fingerprint density at radius 1 is 1.03 bits per heavy atom. The number of nitrogens with zero attached hydrogens (tertiary/aromatic N) is 5. The molecule has 0 radical (unpaired) electrons. The fourth-order valence-corrected chi connectivity index (χ4v) is 5.05. The minimum atomic E-state index is -3.55. The van der Waals surface area contributed by atoms with Gasteiger partial charge in [-0.05, 0) is 18.6 Å². The summed E-state index contributed by atoms with van der Waals surface area (Å²) in [5.41, 5.74) is 1.53. The van der Waals surface area contributed by atoms with Gasteiger partial charge in [0.15, 0.2) is 15.7 Å². The molecule has 0 saturated carbocycles. The number of methoxy groups -OCH3 is 1. The Labute approximate surface area is 203 Å². The van der Waals surface area contributed by atoms with Crippen LogP contribution < -0.4 is 15.4 Å². The maximum atomic E-state index is 12.2. The van der Waals surface area contributed by atoms with Gasteiger partial charge in [-0.3, -0.25) is 4.90 Å². The molecule has 1 unspecified atom stereocenters. The maximum absolute atomic E-state index is 12.2. The van der Waals surface area contributed by atoms with Gasteiger partial charge in [-0.25, -0.2) is 28.4 Å². The summed E-state index contributed by atoms with van der Waals surface area (Å²) in [5.74, 6) is 2.01. The summed E-state index contributed by atoms with van der Waals surface area (Å²) in [6, 6.07) is 7.32. The number of pyridine rings is 2. The van der Waals surface area contributed by atoms with E-state index >= 15 is 0 Å². The standard InChI is InChI=1S/C23H27N7O4S/c1-15(30-10-23(11-30)12-34-13-23)16-4-5-19(24-8-16)28-20-7-21(27-14-26-20)29-22-18(35(3,31)32)6-17(33-2)9-25-22/h4-9,14-15H,10-13H2,1-3H3,(H2,24,25,26,27,28,29). The van der Waals surface area contributed by atoms with E-state index in [0.29, 0.717) is 34.7 Å². The van der Waals surface area contributed by atoms with Gasteiger partial charge in [0.1, 0.15) is 34.4 Å². The predicted molar refractivity (Wildman–Crippen MR) is 130 cm³/mol. The molecule has 35 heavy (non-hydrogen) atoms. The molecule has 5 rings (SSSR count). The molecule has 3 aromatic rings. The summed E-state index contributed by atoms with van der Waals surface area (Å²) in [5, 5.41) is 6.11. The third kappa shape index (κ3) is 4.90. The van der Waals surface area contributed by atoms with Crippen LogP contribution in [0.1, 0.15) is 18.5 Å². The fraction of sp³-hybridized carbons (Fsp3) is 0.391. The number of rotatable bonds is 8. The van der Waals surface area contributed by atoms with Crippen molar-refractivity contribution < 1.29 is 17.9 Å². The smallest absolute Gasteiger partial charge is 0.179 e. The fourth-order valence-electron chi connectivity index (χ4n) is 4.26. The lowest BCUT2D eigenvalue weighted by Gasteiger charge is -2.57. The molecule has 1 atom stereocenters. The average molecular weight is 498 g/mol. The van der Waals surface area contributed by atoms with E-state index in [4.69, 9.17) is 9.47 Å². The van der Waals surface area contributed by atoms with Crippen LogP contribution in [-0.4, -0.2) is 72.9 Å². The van der Waals surface area contributed by atoms with E-state index in [0.717, 1.165) is 38.1 Å². The first-order valence-corrected chi connectivity index (χ1v) is 13.0. The van der Waals surface area contributed by atoms with Crippen LogP contribution in [-0.2, 0) is 14.6 Å². The molecule has 0 bridgehead atoms. The van der Waals surface area contributed by atoms with Crippen LogP contribution in [0.3, 0.4) is 0 Å². The lowest BCUT2D eigenvalue weighted by molar-refractivity contribution is -0.197. The van der Waals surface area contributed by atoms with Crippen LogP contribution in [0.4, 0.5) is 23.3 Å². The zero-order valence-corrected chi connectivity index (χ0v) is 20.5. The first-order valence-electron chi connectivity index (χ1n) is 11.1. The number of hydrogen-bond acceptors (Lipinski definition) is 11. The van der Waals surface area contributed by atoms with Crippen LogP contribution in [0.2, 0.25) is 0 Å². The highest BCUT2D eigenvalue weighted by atomic mass is 32.2. The van der Waals surface area contributed by atoms with E-state index < -0.39 is 9.84 Å². The maximum Gasteiger partial charge on any atom is 0.179 e. The van der Waals surface area contributed by atoms with Gasteiger partial charge in [-0.15, -0.1) is 0 Å². The van der Waals surface area contributed by atoms with E-state index in [1.165, 1.54) is 25.7 Å². The van der Waals surface area contributed by atoms with Gasteiger partial charge in [0.25, 0.3) is 0 Å². The number of sulfone groups is 1. The molecule has 2 aliphatic rings. The minimum Gasteiger partial charge on any atom is -0.495 e. The Hall–Kier alpha value is -3.35. The number of nitrogens with one attached hydrogen (secondary N) is 2. The summed E-state index contributed by atoms with van der Waals surface area (Å²) in [7, 11) is -2.10. The zero-order chi connectivity index (χ0) is 24.6. The van der Waals surface area contributed by atoms with Gasteiger partial charge in [-0.2, -0.15) is 0 Å². The van der Waals surface area contributed by atoms with Crippen molar-refractivity contribution in [3.8, 4) is 5.75 Å². The largest absolute Gasteiger partial charge is 0.495 e. The van der Waals surface area contributed by atoms with Crippen LogP contribution >= 0.6 is 0 Å². The van der Waals surface area contributed by atoms with Gasteiger partial charge in [0.05, 0.1) is 26.5 Å². The van der Waals surface area contributed by atoms with Crippen molar-refractivity contribution in [2.45, 2.75) is 17.9 Å². The van der Waals surface area contributed by atoms with Crippen LogP contribution in [0.25, 0.3) is 0 Å². The summed E-state index contributed by atoms with van der Waals surface area (Å²) in [4.78, 5) is 19.6. The van der Waals surface area contributed by atoms with E-state index in [9.17, 15) is 8.42 Å². The van der Waals surface area contributed by atoms with Crippen LogP contribution in [0.15, 0.2) is 47.9 Å². The molecule has 5 heterocycles. The Morgan fingerprint density at radius 3 is 2.37 bits per heavy atom. The summed E-state index contributed by atoms with van der Waals surface area (Å²) < 4.78 is 34.9. The second kappa shape index (κ2) is 9.02. The Kier molecular flexibility index (Phi) is 6.03. The topological polar surface area (TPSA) is 131 Å². The summed E-state index contributed by atoms with van der Waals surface area (Å²) in [6.07, 6.45) is 5.79. The molecule has 0 amide bonds. The van der Waals surface area contributed by atoms with Crippen molar-refractivity contribution >= 4 is 33.1 Å². The Morgan fingerprint density at radius 2 is 1.77 bits per heavy atom. The van der Waals surface area contributed by atoms with E-state index in [2.05, 4.69) is 48.5 Å². The van der Waals surface area contributed by atoms with Gasteiger partial charge in [0, 0.05) is 49.1 Å². The predicted octanol–water partition coefficient (Wildman–Crippen LogP) is 2.56. The highest BCUT2D eigenvalue weighted by molar-refractivity contribution is 7.90. The van der Waals surface area contributed by atoms with Crippen LogP contribution in [0, 0.1) is 5.41 Å². The molecule has 2 fully saturated rings. The Balaban J connectivity index is 1.26. The van der Waals surface area contributed by atoms with Gasteiger partial charge < -0.3 is 20.1 Å². The zero-order valence-electron chi connectivity index (χ0n) is 19.7. The number of aromatic nitrogens is 4. The van der Waals surface area contributed by atoms with Crippen molar-refractivity contribution in [3.63, 3.8) is 0 Å². The summed E-state index contributed by atoms with van der Waals surface area (Å²) in [6.45, 7) is 6.06. The van der Waals surface area contributed by atoms with E-state index in [1.807, 2.05) is 12.3 Å². The molecular weight excluding hydrogens is 470 g/mol. The SMILES string of the molecule is COc1cnc(Nc2cc(Nc3ccc(C(C)N4CC5(COC5)C4)cn3)ncn2)c(S(C)(=O)=O)c1. The second-order valence-corrected chi connectivity index (χ2v) is 11.1. The normalized spacial score (nSPS) is 17.8. The number of anilines is 4. The highest BCUT2D eigenvalue weighted by Crippen LogP contribution is 2.41. The lowest BCUT2D eigenvalue weighted by Crippen LogP contribution is -2.66. The first kappa shape index (κ1) is 23.4. The summed E-state index contributed by atoms with van der Waals surface area (Å²) >= 11 is 0. The van der Waals surface area contributed by atoms with E-state index in [1.54, 1.807) is 6.07 Å². The average Bonchev–Trinajstić information content (AvgIpc) is 2.77. The first-order chi connectivity index (χ1) is 16.7. The second-order valence-electron chi connectivity index (χ2n) is 9.08. The van der Waals surface area contributed by atoms with Crippen molar-refractivity contribution in [2.24, 2.45) is 5.41 Å². The van der Waals surface area contributed by atoms with Crippen molar-refractivity contribution in [1.82, 2.24) is 24.8 Å². The molecule has 2 N–H and O–H groups in total. The number of hydrogen-bond donors (Lipinski definition) is 2. The molecule has 0 aliphatic carbocycles. The molecule has 184 valence electrons. The molecule has 0 aromatic carbocycles. The highest BCUT2D eigenvalue weighted by Gasteiger charge is 2.50. The van der Waals surface area contributed by atoms with Crippen molar-refractivity contribution in [3.05, 3.63) is 48.5 Å². The monoisotopic (exact) mass is 497 g/mol. The molecule has 3 aromatic heterocycles. The molecule has 2 aliphatic heterocycles. The van der Waals surface area contributed by atoms with E-state index in [-0.39, 0.29) is 10.7 Å². The van der Waals surface area contributed by atoms with Gasteiger partial charge in [0.2, 0.25) is 0 Å². The minimum absolute atomic E-state index is 0.00861. The van der Waals surface area contributed by atoms with Gasteiger partial charge in [-0.1, -0.05) is 6.07 Å². The third-order valence-electron chi connectivity index (χ3n) is 6.34. The van der Waals surface area contributed by atoms with Crippen molar-refractivity contribution in [2.75, 3.05) is 50.3 Å². The van der Waals surface area contributed by atoms with Crippen molar-refractivity contribution in [1.29, 1.82) is 0 Å². The molecule has 11 nitrogen and oxygen atoms in total. The quantitative estimate of drug-likeness (QED) is 0.476. The van der Waals surface area contributed by atoms with Gasteiger partial charge >= 0.3 is 0 Å². The Bertz CT molecular complexity index is 1320.